The van der Waals surface area contributed by atoms with Crippen molar-refractivity contribution in [1.29, 1.82) is 0 Å². The Hall–Kier alpha value is -2.50. The first-order chi connectivity index (χ1) is 11.3. The minimum atomic E-state index is -2.08. The molecule has 1 rings (SSSR count). The molecule has 0 aliphatic heterocycles. The lowest BCUT2D eigenvalue weighted by Gasteiger charge is -2.32. The molecule has 3 N–H and O–H groups in total. The predicted molar refractivity (Wildman–Crippen MR) is 90.9 cm³/mol. The summed E-state index contributed by atoms with van der Waals surface area (Å²) in [5, 5.41) is 9.91. The lowest BCUT2D eigenvalue weighted by molar-refractivity contribution is -0.155. The molecule has 1 unspecified atom stereocenters. The summed E-state index contributed by atoms with van der Waals surface area (Å²) in [6, 6.07) is 6.54. The van der Waals surface area contributed by atoms with Crippen LogP contribution in [0.25, 0.3) is 0 Å². The molecule has 6 nitrogen and oxygen atoms in total. The molecule has 24 heavy (non-hydrogen) atoms. The molecule has 0 saturated carbocycles. The van der Waals surface area contributed by atoms with Crippen molar-refractivity contribution in [1.82, 2.24) is 0 Å². The maximum Gasteiger partial charge on any atom is 0.406 e. The van der Waals surface area contributed by atoms with Gasteiger partial charge in [-0.2, -0.15) is 0 Å². The van der Waals surface area contributed by atoms with Crippen molar-refractivity contribution in [2.24, 2.45) is 5.73 Å². The zero-order valence-electron chi connectivity index (χ0n) is 14.4. The Kier molecular flexibility index (Phi) is 6.82. The van der Waals surface area contributed by atoms with Gasteiger partial charge >= 0.3 is 12.1 Å². The summed E-state index contributed by atoms with van der Waals surface area (Å²) in [6.07, 6.45) is 0.564. The van der Waals surface area contributed by atoms with E-state index in [0.29, 0.717) is 18.6 Å². The van der Waals surface area contributed by atoms with Crippen LogP contribution in [0.15, 0.2) is 36.4 Å². The van der Waals surface area contributed by atoms with Crippen LogP contribution in [0.4, 0.5) is 4.79 Å². The summed E-state index contributed by atoms with van der Waals surface area (Å²) >= 11 is 0. The second-order valence-corrected chi connectivity index (χ2v) is 5.78. The Bertz CT molecular complexity index is 611. The van der Waals surface area contributed by atoms with Gasteiger partial charge in [0, 0.05) is 0 Å². The molecule has 0 fully saturated rings. The Morgan fingerprint density at radius 2 is 1.96 bits per heavy atom. The summed E-state index contributed by atoms with van der Waals surface area (Å²) in [6.45, 7) is 9.48. The van der Waals surface area contributed by atoms with Crippen LogP contribution >= 0.6 is 0 Å². The van der Waals surface area contributed by atoms with Crippen molar-refractivity contribution in [3.8, 4) is 5.75 Å². The van der Waals surface area contributed by atoms with Gasteiger partial charge in [0.15, 0.2) is 0 Å². The smallest absolute Gasteiger partial charge is 0.406 e. The second kappa shape index (κ2) is 8.38. The van der Waals surface area contributed by atoms with Gasteiger partial charge in [-0.05, 0) is 38.3 Å². The molecule has 0 aliphatic rings. The molecular formula is C18H25NO5. The number of hydrogen-bond acceptors (Lipinski definition) is 4. The standard InChI is InChI=1S/C18H25NO5/c1-5-6-9-13(4)18(16(20)21,24-17(19)22)14-10-7-8-11-15(14)23-12(2)3/h7-8,10-12H,4-6,9H2,1-3H3,(H2,19,22)(H,20,21). The van der Waals surface area contributed by atoms with E-state index in [1.807, 2.05) is 20.8 Å². The quantitative estimate of drug-likeness (QED) is 0.672. The summed E-state index contributed by atoms with van der Waals surface area (Å²) in [5.74, 6) is -1.05. The van der Waals surface area contributed by atoms with Crippen molar-refractivity contribution in [3.63, 3.8) is 0 Å². The first-order valence-corrected chi connectivity index (χ1v) is 7.91. The van der Waals surface area contributed by atoms with Gasteiger partial charge in [0.05, 0.1) is 11.7 Å². The summed E-state index contributed by atoms with van der Waals surface area (Å²) in [4.78, 5) is 23.6. The Labute approximate surface area is 142 Å². The summed E-state index contributed by atoms with van der Waals surface area (Å²) < 4.78 is 10.8. The van der Waals surface area contributed by atoms with E-state index < -0.39 is 17.7 Å². The first-order valence-electron chi connectivity index (χ1n) is 7.91. The van der Waals surface area contributed by atoms with E-state index in [1.54, 1.807) is 24.3 Å². The average Bonchev–Trinajstić information content (AvgIpc) is 2.49. The largest absolute Gasteiger partial charge is 0.491 e. The van der Waals surface area contributed by atoms with Crippen molar-refractivity contribution in [3.05, 3.63) is 42.0 Å². The van der Waals surface area contributed by atoms with Crippen LogP contribution in [0, 0.1) is 0 Å². The topological polar surface area (TPSA) is 98.9 Å². The molecule has 0 spiro atoms. The number of unbranched alkanes of at least 4 members (excludes halogenated alkanes) is 1. The van der Waals surface area contributed by atoms with E-state index >= 15 is 0 Å². The number of nitrogens with two attached hydrogens (primary N) is 1. The maximum absolute atomic E-state index is 12.2. The van der Waals surface area contributed by atoms with Crippen molar-refractivity contribution in [2.75, 3.05) is 0 Å². The number of benzene rings is 1. The van der Waals surface area contributed by atoms with Gasteiger partial charge in [0.1, 0.15) is 5.75 Å². The number of carbonyl (C=O) groups excluding carboxylic acids is 1. The minimum Gasteiger partial charge on any atom is -0.491 e. The van der Waals surface area contributed by atoms with E-state index in [0.717, 1.165) is 6.42 Å². The highest BCUT2D eigenvalue weighted by atomic mass is 16.6. The molecule has 132 valence electrons. The molecule has 1 aromatic rings. The van der Waals surface area contributed by atoms with E-state index in [4.69, 9.17) is 15.2 Å². The van der Waals surface area contributed by atoms with Crippen LogP contribution in [-0.4, -0.2) is 23.3 Å². The normalized spacial score (nSPS) is 13.2. The summed E-state index contributed by atoms with van der Waals surface area (Å²) in [5.41, 5.74) is 3.53. The fraction of sp³-hybridized carbons (Fsp3) is 0.444. The zero-order chi connectivity index (χ0) is 18.3. The van der Waals surface area contributed by atoms with Crippen LogP contribution in [0.2, 0.25) is 0 Å². The van der Waals surface area contributed by atoms with Gasteiger partial charge in [0.2, 0.25) is 0 Å². The number of ether oxygens (including phenoxy) is 2. The predicted octanol–water partition coefficient (Wildman–Crippen LogP) is 3.60. The molecule has 1 aromatic carbocycles. The highest BCUT2D eigenvalue weighted by molar-refractivity contribution is 5.87. The molecule has 0 bridgehead atoms. The van der Waals surface area contributed by atoms with Crippen LogP contribution in [-0.2, 0) is 15.1 Å². The molecule has 0 aromatic heterocycles. The molecular weight excluding hydrogens is 310 g/mol. The van der Waals surface area contributed by atoms with E-state index in [9.17, 15) is 14.7 Å². The van der Waals surface area contributed by atoms with Crippen molar-refractivity contribution < 1.29 is 24.2 Å². The average molecular weight is 335 g/mol. The Balaban J connectivity index is 3.54. The number of rotatable bonds is 9. The van der Waals surface area contributed by atoms with Crippen LogP contribution in [0.1, 0.15) is 45.6 Å². The first kappa shape index (κ1) is 19.5. The van der Waals surface area contributed by atoms with Gasteiger partial charge in [-0.3, -0.25) is 0 Å². The molecule has 0 radical (unpaired) electrons. The number of amides is 1. The van der Waals surface area contributed by atoms with Crippen molar-refractivity contribution >= 4 is 12.1 Å². The van der Waals surface area contributed by atoms with Gasteiger partial charge in [0.25, 0.3) is 5.60 Å². The third-order valence-electron chi connectivity index (χ3n) is 3.51. The molecule has 6 heteroatoms. The third kappa shape index (κ3) is 4.28. The van der Waals surface area contributed by atoms with Gasteiger partial charge in [-0.1, -0.05) is 38.1 Å². The van der Waals surface area contributed by atoms with Crippen molar-refractivity contribution in [2.45, 2.75) is 51.7 Å². The second-order valence-electron chi connectivity index (χ2n) is 5.78. The number of carbonyl (C=O) groups is 2. The number of carboxylic acid groups (broad SMARTS) is 1. The highest BCUT2D eigenvalue weighted by Crippen LogP contribution is 2.41. The summed E-state index contributed by atoms with van der Waals surface area (Å²) in [7, 11) is 0. The van der Waals surface area contributed by atoms with Crippen LogP contribution < -0.4 is 10.5 Å². The molecule has 0 saturated heterocycles. The van der Waals surface area contributed by atoms with E-state index in [1.165, 1.54) is 0 Å². The van der Waals surface area contributed by atoms with E-state index in [-0.39, 0.29) is 17.2 Å². The van der Waals surface area contributed by atoms with Gasteiger partial charge in [-0.15, -0.1) is 0 Å². The highest BCUT2D eigenvalue weighted by Gasteiger charge is 2.48. The Morgan fingerprint density at radius 1 is 1.33 bits per heavy atom. The molecule has 1 amide bonds. The van der Waals surface area contributed by atoms with Gasteiger partial charge in [-0.25, -0.2) is 9.59 Å². The fourth-order valence-electron chi connectivity index (χ4n) is 2.46. The third-order valence-corrected chi connectivity index (χ3v) is 3.51. The van der Waals surface area contributed by atoms with Crippen LogP contribution in [0.5, 0.6) is 5.75 Å². The molecule has 0 heterocycles. The zero-order valence-corrected chi connectivity index (χ0v) is 14.4. The lowest BCUT2D eigenvalue weighted by atomic mass is 9.83. The maximum atomic E-state index is 12.2. The van der Waals surface area contributed by atoms with Gasteiger partial charge < -0.3 is 20.3 Å². The number of carboxylic acids is 1. The lowest BCUT2D eigenvalue weighted by Crippen LogP contribution is -2.44. The molecule has 0 aliphatic carbocycles. The minimum absolute atomic E-state index is 0.185. The number of hydrogen-bond donors (Lipinski definition) is 2. The monoisotopic (exact) mass is 335 g/mol. The van der Waals surface area contributed by atoms with E-state index in [2.05, 4.69) is 6.58 Å². The fourth-order valence-corrected chi connectivity index (χ4v) is 2.46. The number of primary amides is 1. The Morgan fingerprint density at radius 3 is 2.46 bits per heavy atom. The van der Waals surface area contributed by atoms with Crippen LogP contribution in [0.3, 0.4) is 0 Å². The number of para-hydroxylation sites is 1. The molecule has 1 atom stereocenters. The number of aliphatic carboxylic acids is 1. The SMILES string of the molecule is C=C(CCCC)C(OC(N)=O)(C(=O)O)c1ccccc1OC(C)C.